The van der Waals surface area contributed by atoms with Crippen LogP contribution in [0.3, 0.4) is 0 Å². The zero-order valence-electron chi connectivity index (χ0n) is 10.1. The van der Waals surface area contributed by atoms with Crippen molar-refractivity contribution in [1.29, 1.82) is 0 Å². The van der Waals surface area contributed by atoms with Gasteiger partial charge in [-0.2, -0.15) is 0 Å². The molecule has 0 saturated carbocycles. The lowest BCUT2D eigenvalue weighted by Crippen LogP contribution is -1.85. The number of nitrogens with zero attached hydrogens (tertiary/aromatic N) is 1. The van der Waals surface area contributed by atoms with E-state index in [1.807, 2.05) is 42.5 Å². The average molecular weight is 249 g/mol. The summed E-state index contributed by atoms with van der Waals surface area (Å²) in [5.74, 6) is 0.995. The molecule has 2 heterocycles. The van der Waals surface area contributed by atoms with E-state index < -0.39 is 0 Å². The van der Waals surface area contributed by atoms with Crippen LogP contribution >= 0.6 is 0 Å². The fraction of sp³-hybridized carbons (Fsp3) is 0. The van der Waals surface area contributed by atoms with Crippen LogP contribution in [0.15, 0.2) is 65.2 Å². The van der Waals surface area contributed by atoms with Gasteiger partial charge in [-0.25, -0.2) is 0 Å². The molecule has 3 aromatic rings. The number of carbonyl (C=O) groups excluding carboxylic acids is 1. The van der Waals surface area contributed by atoms with E-state index in [1.165, 1.54) is 0 Å². The SMILES string of the molecule is O=Cc1ccc(-c2ccccc2-c2ccccn2)o1. The zero-order valence-corrected chi connectivity index (χ0v) is 10.1. The van der Waals surface area contributed by atoms with Gasteiger partial charge in [0.05, 0.1) is 5.69 Å². The van der Waals surface area contributed by atoms with Crippen molar-refractivity contribution in [2.24, 2.45) is 0 Å². The molecule has 0 aliphatic carbocycles. The van der Waals surface area contributed by atoms with E-state index in [0.717, 1.165) is 16.8 Å². The normalized spacial score (nSPS) is 10.3. The molecule has 0 atom stereocenters. The minimum Gasteiger partial charge on any atom is -0.453 e. The molecule has 0 unspecified atom stereocenters. The summed E-state index contributed by atoms with van der Waals surface area (Å²) in [5.41, 5.74) is 2.78. The molecule has 19 heavy (non-hydrogen) atoms. The molecular weight excluding hydrogens is 238 g/mol. The second-order valence-electron chi connectivity index (χ2n) is 4.08. The van der Waals surface area contributed by atoms with Crippen LogP contribution < -0.4 is 0 Å². The highest BCUT2D eigenvalue weighted by molar-refractivity contribution is 5.81. The summed E-state index contributed by atoms with van der Waals surface area (Å²) in [6, 6.07) is 17.1. The summed E-state index contributed by atoms with van der Waals surface area (Å²) < 4.78 is 5.49. The Morgan fingerprint density at radius 2 is 1.68 bits per heavy atom. The van der Waals surface area contributed by atoms with Crippen LogP contribution in [0.2, 0.25) is 0 Å². The van der Waals surface area contributed by atoms with Gasteiger partial charge in [0.25, 0.3) is 0 Å². The number of pyridine rings is 1. The minimum absolute atomic E-state index is 0.325. The highest BCUT2D eigenvalue weighted by atomic mass is 16.3. The van der Waals surface area contributed by atoms with Gasteiger partial charge >= 0.3 is 0 Å². The molecule has 0 bridgehead atoms. The van der Waals surface area contributed by atoms with E-state index in [-0.39, 0.29) is 0 Å². The smallest absolute Gasteiger partial charge is 0.185 e. The molecule has 0 N–H and O–H groups in total. The van der Waals surface area contributed by atoms with Crippen molar-refractivity contribution in [1.82, 2.24) is 4.98 Å². The quantitative estimate of drug-likeness (QED) is 0.663. The number of hydrogen-bond donors (Lipinski definition) is 0. The Hall–Kier alpha value is -2.68. The fourth-order valence-electron chi connectivity index (χ4n) is 2.00. The molecule has 0 amide bonds. The molecule has 1 aromatic carbocycles. The number of carbonyl (C=O) groups is 1. The highest BCUT2D eigenvalue weighted by Crippen LogP contribution is 2.31. The molecular formula is C16H11NO2. The summed E-state index contributed by atoms with van der Waals surface area (Å²) in [4.78, 5) is 15.1. The van der Waals surface area contributed by atoms with Crippen LogP contribution in [0.25, 0.3) is 22.6 Å². The maximum absolute atomic E-state index is 10.7. The monoisotopic (exact) mass is 249 g/mol. The zero-order chi connectivity index (χ0) is 13.1. The first kappa shape index (κ1) is 11.4. The van der Waals surface area contributed by atoms with Crippen LogP contribution in [0.1, 0.15) is 10.6 Å². The van der Waals surface area contributed by atoms with Crippen molar-refractivity contribution in [3.63, 3.8) is 0 Å². The molecule has 3 nitrogen and oxygen atoms in total. The Labute approximate surface area is 110 Å². The number of aldehydes is 1. The third-order valence-corrected chi connectivity index (χ3v) is 2.88. The first-order chi connectivity index (χ1) is 9.38. The van der Waals surface area contributed by atoms with Crippen molar-refractivity contribution in [3.05, 3.63) is 66.6 Å². The first-order valence-electron chi connectivity index (χ1n) is 5.94. The molecule has 0 fully saturated rings. The van der Waals surface area contributed by atoms with Gasteiger partial charge in [-0.1, -0.05) is 30.3 Å². The van der Waals surface area contributed by atoms with Gasteiger partial charge in [0.2, 0.25) is 0 Å². The van der Waals surface area contributed by atoms with E-state index in [9.17, 15) is 4.79 Å². The van der Waals surface area contributed by atoms with Gasteiger partial charge in [-0.15, -0.1) is 0 Å². The summed E-state index contributed by atoms with van der Waals surface area (Å²) in [5, 5.41) is 0. The maximum Gasteiger partial charge on any atom is 0.185 e. The van der Waals surface area contributed by atoms with Gasteiger partial charge in [0.15, 0.2) is 12.0 Å². The standard InChI is InChI=1S/C16H11NO2/c18-11-12-8-9-16(19-12)14-6-2-1-5-13(14)15-7-3-4-10-17-15/h1-11H. The molecule has 0 saturated heterocycles. The van der Waals surface area contributed by atoms with Crippen molar-refractivity contribution in [3.8, 4) is 22.6 Å². The summed E-state index contributed by atoms with van der Waals surface area (Å²) in [6.07, 6.45) is 2.46. The van der Waals surface area contributed by atoms with Crippen LogP contribution in [0.5, 0.6) is 0 Å². The fourth-order valence-corrected chi connectivity index (χ4v) is 2.00. The average Bonchev–Trinajstić information content (AvgIpc) is 2.97. The van der Waals surface area contributed by atoms with Gasteiger partial charge < -0.3 is 4.42 Å². The molecule has 3 rings (SSSR count). The molecule has 2 aromatic heterocycles. The van der Waals surface area contributed by atoms with E-state index in [1.54, 1.807) is 18.3 Å². The highest BCUT2D eigenvalue weighted by Gasteiger charge is 2.10. The van der Waals surface area contributed by atoms with E-state index >= 15 is 0 Å². The number of furan rings is 1. The number of benzene rings is 1. The van der Waals surface area contributed by atoms with Gasteiger partial charge in [-0.05, 0) is 24.3 Å². The number of rotatable bonds is 3. The Balaban J connectivity index is 2.14. The Morgan fingerprint density at radius 3 is 2.37 bits per heavy atom. The van der Waals surface area contributed by atoms with Gasteiger partial charge in [0, 0.05) is 17.3 Å². The predicted molar refractivity (Wildman–Crippen MR) is 72.8 cm³/mol. The van der Waals surface area contributed by atoms with Crippen molar-refractivity contribution >= 4 is 6.29 Å². The van der Waals surface area contributed by atoms with Crippen LogP contribution in [-0.4, -0.2) is 11.3 Å². The molecule has 0 spiro atoms. The second kappa shape index (κ2) is 4.90. The summed E-state index contributed by atoms with van der Waals surface area (Å²) in [7, 11) is 0. The minimum atomic E-state index is 0.325. The van der Waals surface area contributed by atoms with Crippen LogP contribution in [0.4, 0.5) is 0 Å². The first-order valence-corrected chi connectivity index (χ1v) is 5.94. The molecule has 0 radical (unpaired) electrons. The molecule has 0 aliphatic rings. The number of hydrogen-bond acceptors (Lipinski definition) is 3. The van der Waals surface area contributed by atoms with Crippen molar-refractivity contribution < 1.29 is 9.21 Å². The Morgan fingerprint density at radius 1 is 0.895 bits per heavy atom. The maximum atomic E-state index is 10.7. The van der Waals surface area contributed by atoms with Gasteiger partial charge in [0.1, 0.15) is 5.76 Å². The summed E-state index contributed by atoms with van der Waals surface area (Å²) >= 11 is 0. The predicted octanol–water partition coefficient (Wildman–Crippen LogP) is 3.82. The largest absolute Gasteiger partial charge is 0.453 e. The lowest BCUT2D eigenvalue weighted by molar-refractivity contribution is 0.110. The molecule has 0 aliphatic heterocycles. The lowest BCUT2D eigenvalue weighted by atomic mass is 10.0. The topological polar surface area (TPSA) is 43.1 Å². The third-order valence-electron chi connectivity index (χ3n) is 2.88. The van der Waals surface area contributed by atoms with Crippen molar-refractivity contribution in [2.75, 3.05) is 0 Å². The third kappa shape index (κ3) is 2.18. The lowest BCUT2D eigenvalue weighted by Gasteiger charge is -2.06. The van der Waals surface area contributed by atoms with Crippen LogP contribution in [0, 0.1) is 0 Å². The Kier molecular flexibility index (Phi) is 2.94. The van der Waals surface area contributed by atoms with Crippen LogP contribution in [-0.2, 0) is 0 Å². The van der Waals surface area contributed by atoms with E-state index in [2.05, 4.69) is 4.98 Å². The molecule has 3 heteroatoms. The molecule has 92 valence electrons. The van der Waals surface area contributed by atoms with Gasteiger partial charge in [-0.3, -0.25) is 9.78 Å². The summed E-state index contributed by atoms with van der Waals surface area (Å²) in [6.45, 7) is 0. The Bertz CT molecular complexity index is 702. The second-order valence-corrected chi connectivity index (χ2v) is 4.08. The number of aromatic nitrogens is 1. The van der Waals surface area contributed by atoms with E-state index in [0.29, 0.717) is 17.8 Å². The van der Waals surface area contributed by atoms with E-state index in [4.69, 9.17) is 4.42 Å². The van der Waals surface area contributed by atoms with Crippen molar-refractivity contribution in [2.45, 2.75) is 0 Å².